The number of ether oxygens (including phenoxy) is 1. The Kier molecular flexibility index (Phi) is 3.10. The fraction of sp³-hybridized carbons (Fsp3) is 0.100. The highest BCUT2D eigenvalue weighted by Gasteiger charge is 2.21. The van der Waals surface area contributed by atoms with Gasteiger partial charge >= 0.3 is 5.97 Å². The van der Waals surface area contributed by atoms with E-state index in [1.54, 1.807) is 12.3 Å². The van der Waals surface area contributed by atoms with Gasteiger partial charge in [-0.2, -0.15) is 0 Å². The number of hydrogen-bond acceptors (Lipinski definition) is 5. The van der Waals surface area contributed by atoms with Crippen molar-refractivity contribution in [3.8, 4) is 0 Å². The van der Waals surface area contributed by atoms with Gasteiger partial charge in [-0.1, -0.05) is 0 Å². The van der Waals surface area contributed by atoms with E-state index in [0.717, 1.165) is 10.5 Å². The molecular formula is C10H8BrN3O3. The van der Waals surface area contributed by atoms with Gasteiger partial charge in [-0.05, 0) is 22.0 Å². The van der Waals surface area contributed by atoms with Gasteiger partial charge in [0.1, 0.15) is 5.70 Å². The molecule has 0 saturated heterocycles. The number of fused-ring (bicyclic) bond motifs is 1. The van der Waals surface area contributed by atoms with Crippen molar-refractivity contribution in [2.45, 2.75) is 0 Å². The molecule has 0 radical (unpaired) electrons. The summed E-state index contributed by atoms with van der Waals surface area (Å²) in [7, 11) is 1.24. The molecule has 88 valence electrons. The third kappa shape index (κ3) is 2.44. The normalized spacial score (nSPS) is 15.9. The van der Waals surface area contributed by atoms with E-state index in [2.05, 4.69) is 36.3 Å². The van der Waals surface area contributed by atoms with E-state index >= 15 is 0 Å². The molecule has 0 saturated carbocycles. The van der Waals surface area contributed by atoms with Crippen LogP contribution in [0.2, 0.25) is 0 Å². The Bertz CT molecular complexity index is 528. The summed E-state index contributed by atoms with van der Waals surface area (Å²) in [6, 6.07) is 1.74. The van der Waals surface area contributed by atoms with Crippen molar-refractivity contribution in [3.63, 3.8) is 0 Å². The van der Waals surface area contributed by atoms with Gasteiger partial charge in [0.05, 0.1) is 18.9 Å². The smallest absolute Gasteiger partial charge is 0.332 e. The van der Waals surface area contributed by atoms with E-state index in [1.807, 2.05) is 0 Å². The van der Waals surface area contributed by atoms with Crippen LogP contribution in [0, 0.1) is 0 Å². The van der Waals surface area contributed by atoms with Crippen LogP contribution in [0.15, 0.2) is 28.5 Å². The van der Waals surface area contributed by atoms with E-state index in [0.29, 0.717) is 11.5 Å². The molecule has 2 N–H and O–H groups in total. The van der Waals surface area contributed by atoms with Crippen molar-refractivity contribution in [1.82, 2.24) is 4.98 Å². The number of aromatic nitrogens is 1. The SMILES string of the molecule is COC(=O)/C=C1\Nc2cc(Br)cnc2NC1=O. The minimum Gasteiger partial charge on any atom is -0.466 e. The lowest BCUT2D eigenvalue weighted by atomic mass is 10.2. The number of nitrogens with zero attached hydrogens (tertiary/aromatic N) is 1. The molecule has 1 aliphatic rings. The van der Waals surface area contributed by atoms with Crippen LogP contribution < -0.4 is 10.6 Å². The van der Waals surface area contributed by atoms with Crippen LogP contribution in [-0.4, -0.2) is 24.0 Å². The standard InChI is InChI=1S/C10H8BrN3O3/c1-17-8(15)3-7-10(16)14-9-6(13-7)2-5(11)4-12-9/h2-4,13H,1H3,(H,12,14,16)/b7-3-. The molecule has 0 unspecified atom stereocenters. The second kappa shape index (κ2) is 4.54. The Morgan fingerprint density at radius 3 is 3.00 bits per heavy atom. The minimum absolute atomic E-state index is 0.115. The summed E-state index contributed by atoms with van der Waals surface area (Å²) < 4.78 is 5.21. The summed E-state index contributed by atoms with van der Waals surface area (Å²) in [5, 5.41) is 5.37. The topological polar surface area (TPSA) is 80.3 Å². The molecule has 1 aromatic rings. The van der Waals surface area contributed by atoms with Crippen molar-refractivity contribution in [2.24, 2.45) is 0 Å². The Morgan fingerprint density at radius 1 is 1.53 bits per heavy atom. The number of esters is 1. The zero-order valence-electron chi connectivity index (χ0n) is 8.78. The molecule has 0 spiro atoms. The first-order valence-electron chi connectivity index (χ1n) is 4.63. The van der Waals surface area contributed by atoms with Gasteiger partial charge in [0.15, 0.2) is 5.82 Å². The fourth-order valence-electron chi connectivity index (χ4n) is 1.29. The summed E-state index contributed by atoms with van der Waals surface area (Å²) in [5.74, 6) is -0.619. The lowest BCUT2D eigenvalue weighted by Gasteiger charge is -2.19. The summed E-state index contributed by atoms with van der Waals surface area (Å²) >= 11 is 3.26. The molecule has 17 heavy (non-hydrogen) atoms. The number of halogens is 1. The molecule has 0 aliphatic carbocycles. The first-order valence-corrected chi connectivity index (χ1v) is 5.43. The second-order valence-corrected chi connectivity index (χ2v) is 4.13. The van der Waals surface area contributed by atoms with Crippen LogP contribution in [0.5, 0.6) is 0 Å². The quantitative estimate of drug-likeness (QED) is 0.603. The third-order valence-corrected chi connectivity index (χ3v) is 2.50. The van der Waals surface area contributed by atoms with Gasteiger partial charge in [-0.15, -0.1) is 0 Å². The Hall–Kier alpha value is -1.89. The second-order valence-electron chi connectivity index (χ2n) is 3.21. The first kappa shape index (κ1) is 11.6. The highest BCUT2D eigenvalue weighted by atomic mass is 79.9. The van der Waals surface area contributed by atoms with Crippen molar-refractivity contribution in [3.05, 3.63) is 28.5 Å². The predicted molar refractivity (Wildman–Crippen MR) is 64.3 cm³/mol. The van der Waals surface area contributed by atoms with Crippen molar-refractivity contribution in [2.75, 3.05) is 17.7 Å². The molecule has 1 aromatic heterocycles. The Labute approximate surface area is 105 Å². The van der Waals surface area contributed by atoms with Gasteiger partial charge in [0.2, 0.25) is 0 Å². The predicted octanol–water partition coefficient (Wildman–Crippen LogP) is 1.26. The number of anilines is 2. The zero-order chi connectivity index (χ0) is 12.4. The Morgan fingerprint density at radius 2 is 2.29 bits per heavy atom. The van der Waals surface area contributed by atoms with Crippen LogP contribution in [0.1, 0.15) is 0 Å². The molecular weight excluding hydrogens is 290 g/mol. The van der Waals surface area contributed by atoms with Gasteiger partial charge in [0.25, 0.3) is 5.91 Å². The highest BCUT2D eigenvalue weighted by molar-refractivity contribution is 9.10. The van der Waals surface area contributed by atoms with Crippen LogP contribution in [-0.2, 0) is 14.3 Å². The van der Waals surface area contributed by atoms with Crippen molar-refractivity contribution < 1.29 is 14.3 Å². The van der Waals surface area contributed by atoms with Crippen LogP contribution >= 0.6 is 15.9 Å². The molecule has 0 atom stereocenters. The molecule has 1 amide bonds. The third-order valence-electron chi connectivity index (χ3n) is 2.06. The molecule has 0 fully saturated rings. The molecule has 2 heterocycles. The molecule has 6 nitrogen and oxygen atoms in total. The van der Waals surface area contributed by atoms with E-state index < -0.39 is 11.9 Å². The van der Waals surface area contributed by atoms with Crippen molar-refractivity contribution >= 4 is 39.3 Å². The highest BCUT2D eigenvalue weighted by Crippen LogP contribution is 2.28. The Balaban J connectivity index is 2.35. The number of rotatable bonds is 1. The summed E-state index contributed by atoms with van der Waals surface area (Å²) in [5.41, 5.74) is 0.721. The van der Waals surface area contributed by atoms with Crippen LogP contribution in [0.3, 0.4) is 0 Å². The number of carbonyl (C=O) groups is 2. The maximum Gasteiger partial charge on any atom is 0.332 e. The molecule has 2 rings (SSSR count). The summed E-state index contributed by atoms with van der Waals surface area (Å²) in [6.45, 7) is 0. The number of carbonyl (C=O) groups excluding carboxylic acids is 2. The summed E-state index contributed by atoms with van der Waals surface area (Å²) in [4.78, 5) is 26.7. The van der Waals surface area contributed by atoms with Gasteiger partial charge in [0, 0.05) is 10.7 Å². The number of methoxy groups -OCH3 is 1. The monoisotopic (exact) mass is 297 g/mol. The number of nitrogens with one attached hydrogen (secondary N) is 2. The average molecular weight is 298 g/mol. The summed E-state index contributed by atoms with van der Waals surface area (Å²) in [6.07, 6.45) is 2.65. The molecule has 1 aliphatic heterocycles. The van der Waals surface area contributed by atoms with E-state index in [4.69, 9.17) is 0 Å². The largest absolute Gasteiger partial charge is 0.466 e. The molecule has 0 bridgehead atoms. The minimum atomic E-state index is -0.603. The van der Waals surface area contributed by atoms with Gasteiger partial charge < -0.3 is 15.4 Å². The average Bonchev–Trinajstić information content (AvgIpc) is 2.30. The van der Waals surface area contributed by atoms with Crippen molar-refractivity contribution in [1.29, 1.82) is 0 Å². The maximum absolute atomic E-state index is 11.6. The van der Waals surface area contributed by atoms with E-state index in [9.17, 15) is 9.59 Å². The molecule has 0 aromatic carbocycles. The number of pyridine rings is 1. The lowest BCUT2D eigenvalue weighted by Crippen LogP contribution is -2.27. The first-order chi connectivity index (χ1) is 8.10. The number of hydrogen-bond donors (Lipinski definition) is 2. The molecule has 7 heteroatoms. The van der Waals surface area contributed by atoms with Gasteiger partial charge in [-0.3, -0.25) is 4.79 Å². The number of amides is 1. The maximum atomic E-state index is 11.6. The van der Waals surface area contributed by atoms with Crippen LogP contribution in [0.25, 0.3) is 0 Å². The van der Waals surface area contributed by atoms with Crippen LogP contribution in [0.4, 0.5) is 11.5 Å². The lowest BCUT2D eigenvalue weighted by molar-refractivity contribution is -0.135. The zero-order valence-corrected chi connectivity index (χ0v) is 10.4. The van der Waals surface area contributed by atoms with E-state index in [1.165, 1.54) is 7.11 Å². The fourth-order valence-corrected chi connectivity index (χ4v) is 1.62. The van der Waals surface area contributed by atoms with E-state index in [-0.39, 0.29) is 5.70 Å². The van der Waals surface area contributed by atoms with Gasteiger partial charge in [-0.25, -0.2) is 9.78 Å².